The highest BCUT2D eigenvalue weighted by Crippen LogP contribution is 2.23. The van der Waals surface area contributed by atoms with Gasteiger partial charge in [-0.15, -0.1) is 10.2 Å². The van der Waals surface area contributed by atoms with Crippen molar-refractivity contribution in [1.29, 1.82) is 0 Å². The normalized spacial score (nSPS) is 21.1. The second kappa shape index (κ2) is 7.21. The van der Waals surface area contributed by atoms with Gasteiger partial charge in [-0.2, -0.15) is 4.80 Å². The van der Waals surface area contributed by atoms with E-state index in [1.54, 1.807) is 0 Å². The highest BCUT2D eigenvalue weighted by atomic mass is 79.9. The topological polar surface area (TPSA) is 72.7 Å². The molecule has 1 N–H and O–H groups in total. The number of hydrogen-bond donors (Lipinski definition) is 1. The molecular formula is C16H20BrN5O. The lowest BCUT2D eigenvalue weighted by atomic mass is 9.86. The van der Waals surface area contributed by atoms with Gasteiger partial charge in [0.1, 0.15) is 6.54 Å². The Bertz CT molecular complexity index is 669. The first-order valence-corrected chi connectivity index (χ1v) is 8.74. The van der Waals surface area contributed by atoms with Gasteiger partial charge in [0, 0.05) is 16.1 Å². The van der Waals surface area contributed by atoms with Crippen LogP contribution in [0.15, 0.2) is 28.7 Å². The van der Waals surface area contributed by atoms with Gasteiger partial charge in [-0.3, -0.25) is 4.79 Å². The molecule has 122 valence electrons. The molecule has 0 bridgehead atoms. The van der Waals surface area contributed by atoms with Crippen LogP contribution in [0, 0.1) is 5.92 Å². The Morgan fingerprint density at radius 2 is 2.04 bits per heavy atom. The molecule has 1 aromatic carbocycles. The second-order valence-corrected chi connectivity index (χ2v) is 7.00. The van der Waals surface area contributed by atoms with Crippen LogP contribution in [0.3, 0.4) is 0 Å². The number of nitrogens with one attached hydrogen (secondary N) is 1. The number of benzene rings is 1. The number of halogens is 1. The fourth-order valence-electron chi connectivity index (χ4n) is 2.94. The Hall–Kier alpha value is -1.76. The van der Waals surface area contributed by atoms with E-state index < -0.39 is 0 Å². The second-order valence-electron chi connectivity index (χ2n) is 6.09. The third-order valence-corrected chi connectivity index (χ3v) is 4.83. The number of aromatic nitrogens is 4. The summed E-state index contributed by atoms with van der Waals surface area (Å²) in [6, 6.07) is 7.94. The summed E-state index contributed by atoms with van der Waals surface area (Å²) in [6.07, 6.45) is 4.68. The van der Waals surface area contributed by atoms with Crippen molar-refractivity contribution in [3.8, 4) is 11.4 Å². The minimum Gasteiger partial charge on any atom is -0.351 e. The summed E-state index contributed by atoms with van der Waals surface area (Å²) in [6.45, 7) is 2.30. The number of carbonyl (C=O) groups excluding carboxylic acids is 1. The van der Waals surface area contributed by atoms with Gasteiger partial charge in [0.05, 0.1) is 0 Å². The van der Waals surface area contributed by atoms with Gasteiger partial charge in [0.15, 0.2) is 0 Å². The van der Waals surface area contributed by atoms with Crippen LogP contribution in [-0.4, -0.2) is 32.2 Å². The van der Waals surface area contributed by atoms with Gasteiger partial charge in [-0.1, -0.05) is 35.7 Å². The summed E-state index contributed by atoms with van der Waals surface area (Å²) in [7, 11) is 0. The van der Waals surface area contributed by atoms with Crippen molar-refractivity contribution in [2.75, 3.05) is 0 Å². The third kappa shape index (κ3) is 4.16. The van der Waals surface area contributed by atoms with Crippen LogP contribution in [0.5, 0.6) is 0 Å². The molecule has 1 fully saturated rings. The van der Waals surface area contributed by atoms with E-state index in [9.17, 15) is 4.79 Å². The molecule has 23 heavy (non-hydrogen) atoms. The number of nitrogens with zero attached hydrogens (tertiary/aromatic N) is 4. The van der Waals surface area contributed by atoms with Gasteiger partial charge in [-0.05, 0) is 48.2 Å². The zero-order valence-electron chi connectivity index (χ0n) is 13.1. The van der Waals surface area contributed by atoms with Crippen molar-refractivity contribution in [3.05, 3.63) is 28.7 Å². The van der Waals surface area contributed by atoms with Crippen LogP contribution in [0.4, 0.5) is 0 Å². The van der Waals surface area contributed by atoms with Gasteiger partial charge >= 0.3 is 0 Å². The first kappa shape index (κ1) is 16.1. The first-order valence-electron chi connectivity index (χ1n) is 7.95. The minimum atomic E-state index is -0.0523. The first-order chi connectivity index (χ1) is 11.1. The molecular weight excluding hydrogens is 358 g/mol. The Kier molecular flexibility index (Phi) is 5.05. The van der Waals surface area contributed by atoms with Crippen LogP contribution in [0.25, 0.3) is 11.4 Å². The van der Waals surface area contributed by atoms with Gasteiger partial charge in [0.2, 0.25) is 11.7 Å². The summed E-state index contributed by atoms with van der Waals surface area (Å²) in [5, 5.41) is 15.4. The summed E-state index contributed by atoms with van der Waals surface area (Å²) in [4.78, 5) is 13.5. The quantitative estimate of drug-likeness (QED) is 0.888. The van der Waals surface area contributed by atoms with E-state index in [1.807, 2.05) is 24.3 Å². The Morgan fingerprint density at radius 3 is 2.78 bits per heavy atom. The lowest BCUT2D eigenvalue weighted by Crippen LogP contribution is -2.42. The zero-order valence-corrected chi connectivity index (χ0v) is 14.7. The lowest BCUT2D eigenvalue weighted by Gasteiger charge is -2.29. The molecule has 1 amide bonds. The van der Waals surface area contributed by atoms with E-state index in [0.29, 0.717) is 11.7 Å². The van der Waals surface area contributed by atoms with Crippen LogP contribution in [0.2, 0.25) is 0 Å². The maximum Gasteiger partial charge on any atom is 0.243 e. The molecule has 0 aliphatic heterocycles. The lowest BCUT2D eigenvalue weighted by molar-refractivity contribution is -0.123. The molecule has 1 aliphatic rings. The molecule has 3 rings (SSSR count). The third-order valence-electron chi connectivity index (χ3n) is 4.30. The molecule has 1 aromatic heterocycles. The molecule has 2 aromatic rings. The number of tetrazole rings is 1. The highest BCUT2D eigenvalue weighted by Gasteiger charge is 2.23. The predicted octanol–water partition coefficient (Wildman–Crippen LogP) is 2.80. The van der Waals surface area contributed by atoms with Gasteiger partial charge in [0.25, 0.3) is 0 Å². The molecule has 1 saturated carbocycles. The van der Waals surface area contributed by atoms with Crippen LogP contribution >= 0.6 is 15.9 Å². The summed E-state index contributed by atoms with van der Waals surface area (Å²) in [5.41, 5.74) is 0.876. The monoisotopic (exact) mass is 377 g/mol. The average Bonchev–Trinajstić information content (AvgIpc) is 2.98. The van der Waals surface area contributed by atoms with Crippen molar-refractivity contribution in [3.63, 3.8) is 0 Å². The smallest absolute Gasteiger partial charge is 0.243 e. The number of rotatable bonds is 4. The standard InChI is InChI=1S/C16H20BrN5O/c1-11-4-2-3-5-14(11)18-15(23)10-22-20-16(19-21-22)12-6-8-13(17)9-7-12/h6-9,11,14H,2-5,10H2,1H3,(H,18,23)/t11-,14-/m0/s1. The summed E-state index contributed by atoms with van der Waals surface area (Å²) in [5.74, 6) is 1.01. The van der Waals surface area contributed by atoms with E-state index in [-0.39, 0.29) is 18.5 Å². The molecule has 0 unspecified atom stereocenters. The Balaban J connectivity index is 1.60. The van der Waals surface area contributed by atoms with E-state index in [0.717, 1.165) is 16.5 Å². The SMILES string of the molecule is C[C@H]1CCCC[C@@H]1NC(=O)Cn1nnc(-c2ccc(Br)cc2)n1. The number of hydrogen-bond acceptors (Lipinski definition) is 4. The minimum absolute atomic E-state index is 0.0523. The van der Waals surface area contributed by atoms with Crippen LogP contribution in [0.1, 0.15) is 32.6 Å². The van der Waals surface area contributed by atoms with Gasteiger partial charge < -0.3 is 5.32 Å². The van der Waals surface area contributed by atoms with Crippen LogP contribution in [-0.2, 0) is 11.3 Å². The number of carbonyl (C=O) groups is 1. The van der Waals surface area contributed by atoms with Crippen molar-refractivity contribution in [2.24, 2.45) is 5.92 Å². The highest BCUT2D eigenvalue weighted by molar-refractivity contribution is 9.10. The molecule has 0 spiro atoms. The van der Waals surface area contributed by atoms with Crippen molar-refractivity contribution in [1.82, 2.24) is 25.5 Å². The molecule has 0 radical (unpaired) electrons. The molecule has 7 heteroatoms. The van der Waals surface area contributed by atoms with E-state index in [4.69, 9.17) is 0 Å². The fraction of sp³-hybridized carbons (Fsp3) is 0.500. The van der Waals surface area contributed by atoms with Crippen molar-refractivity contribution in [2.45, 2.75) is 45.2 Å². The molecule has 6 nitrogen and oxygen atoms in total. The van der Waals surface area contributed by atoms with E-state index in [2.05, 4.69) is 43.6 Å². The summed E-state index contributed by atoms with van der Waals surface area (Å²) < 4.78 is 0.995. The Morgan fingerprint density at radius 1 is 1.30 bits per heavy atom. The maximum atomic E-state index is 12.2. The maximum absolute atomic E-state index is 12.2. The van der Waals surface area contributed by atoms with E-state index >= 15 is 0 Å². The van der Waals surface area contributed by atoms with Crippen LogP contribution < -0.4 is 5.32 Å². The zero-order chi connectivity index (χ0) is 16.2. The summed E-state index contributed by atoms with van der Waals surface area (Å²) >= 11 is 3.39. The average molecular weight is 378 g/mol. The van der Waals surface area contributed by atoms with Crippen molar-refractivity contribution >= 4 is 21.8 Å². The van der Waals surface area contributed by atoms with Crippen molar-refractivity contribution < 1.29 is 4.79 Å². The van der Waals surface area contributed by atoms with Gasteiger partial charge in [-0.25, -0.2) is 0 Å². The number of amides is 1. The fourth-order valence-corrected chi connectivity index (χ4v) is 3.20. The molecule has 0 saturated heterocycles. The largest absolute Gasteiger partial charge is 0.351 e. The molecule has 2 atom stereocenters. The van der Waals surface area contributed by atoms with E-state index in [1.165, 1.54) is 24.1 Å². The Labute approximate surface area is 143 Å². The molecule has 1 heterocycles. The molecule has 1 aliphatic carbocycles. The predicted molar refractivity (Wildman–Crippen MR) is 90.5 cm³/mol.